The summed E-state index contributed by atoms with van der Waals surface area (Å²) in [6.45, 7) is 3.90. The minimum absolute atomic E-state index is 0.398. The fourth-order valence-corrected chi connectivity index (χ4v) is 2.64. The summed E-state index contributed by atoms with van der Waals surface area (Å²) >= 11 is 1.80. The van der Waals surface area contributed by atoms with Gasteiger partial charge >= 0.3 is 0 Å². The molecule has 18 heavy (non-hydrogen) atoms. The van der Waals surface area contributed by atoms with Crippen LogP contribution < -0.4 is 0 Å². The van der Waals surface area contributed by atoms with Crippen LogP contribution in [0.1, 0.15) is 29.7 Å². The molecule has 2 heteroatoms. The molecule has 2 aromatic carbocycles. The Balaban J connectivity index is 2.01. The maximum absolute atomic E-state index is 9.55. The lowest BCUT2D eigenvalue weighted by molar-refractivity contribution is 0.199. The lowest BCUT2D eigenvalue weighted by Gasteiger charge is -2.07. The standard InChI is InChI=1S/C16H18OS/c1-12-6-8-14(9-7-12)11-18-16-5-3-4-15(10-16)13(2)17/h3-10,13,17H,11H2,1-2H3. The van der Waals surface area contributed by atoms with Crippen molar-refractivity contribution in [3.05, 3.63) is 65.2 Å². The molecule has 94 valence electrons. The van der Waals surface area contributed by atoms with Crippen molar-refractivity contribution in [3.63, 3.8) is 0 Å². The van der Waals surface area contributed by atoms with Gasteiger partial charge in [-0.3, -0.25) is 0 Å². The third kappa shape index (κ3) is 3.62. The van der Waals surface area contributed by atoms with Crippen LogP contribution in [0, 0.1) is 6.92 Å². The molecule has 2 aromatic rings. The second kappa shape index (κ2) is 6.07. The van der Waals surface area contributed by atoms with E-state index in [1.807, 2.05) is 12.1 Å². The summed E-state index contributed by atoms with van der Waals surface area (Å²) in [7, 11) is 0. The fraction of sp³-hybridized carbons (Fsp3) is 0.250. The van der Waals surface area contributed by atoms with Gasteiger partial charge in [-0.15, -0.1) is 11.8 Å². The Morgan fingerprint density at radius 1 is 1.11 bits per heavy atom. The minimum atomic E-state index is -0.398. The van der Waals surface area contributed by atoms with Gasteiger partial charge in [0.1, 0.15) is 0 Å². The van der Waals surface area contributed by atoms with Crippen molar-refractivity contribution in [3.8, 4) is 0 Å². The molecule has 0 heterocycles. The van der Waals surface area contributed by atoms with Crippen LogP contribution >= 0.6 is 11.8 Å². The van der Waals surface area contributed by atoms with Crippen LogP contribution in [0.15, 0.2) is 53.4 Å². The van der Waals surface area contributed by atoms with Gasteiger partial charge in [0, 0.05) is 10.6 Å². The monoisotopic (exact) mass is 258 g/mol. The molecule has 1 atom stereocenters. The van der Waals surface area contributed by atoms with Crippen molar-refractivity contribution in [1.82, 2.24) is 0 Å². The van der Waals surface area contributed by atoms with Gasteiger partial charge in [-0.1, -0.05) is 42.0 Å². The highest BCUT2D eigenvalue weighted by molar-refractivity contribution is 7.98. The molecule has 0 amide bonds. The number of benzene rings is 2. The van der Waals surface area contributed by atoms with E-state index < -0.39 is 6.10 Å². The molecular weight excluding hydrogens is 240 g/mol. The maximum atomic E-state index is 9.55. The summed E-state index contributed by atoms with van der Waals surface area (Å²) in [4.78, 5) is 1.20. The highest BCUT2D eigenvalue weighted by Crippen LogP contribution is 2.25. The van der Waals surface area contributed by atoms with Gasteiger partial charge in [0.15, 0.2) is 0 Å². The molecule has 1 unspecified atom stereocenters. The second-order valence-corrected chi connectivity index (χ2v) is 5.57. The average molecular weight is 258 g/mol. The Labute approximate surface area is 113 Å². The normalized spacial score (nSPS) is 12.4. The molecular formula is C16H18OS. The predicted molar refractivity (Wildman–Crippen MR) is 77.8 cm³/mol. The van der Waals surface area contributed by atoms with E-state index in [0.717, 1.165) is 11.3 Å². The number of hydrogen-bond acceptors (Lipinski definition) is 2. The van der Waals surface area contributed by atoms with Crippen LogP contribution in [-0.4, -0.2) is 5.11 Å². The number of aliphatic hydroxyl groups is 1. The molecule has 0 aliphatic carbocycles. The van der Waals surface area contributed by atoms with E-state index in [-0.39, 0.29) is 0 Å². The molecule has 0 aliphatic heterocycles. The zero-order valence-corrected chi connectivity index (χ0v) is 11.6. The first-order valence-electron chi connectivity index (χ1n) is 6.11. The lowest BCUT2D eigenvalue weighted by atomic mass is 10.1. The number of rotatable bonds is 4. The first kappa shape index (κ1) is 13.2. The Morgan fingerprint density at radius 3 is 2.50 bits per heavy atom. The molecule has 1 nitrogen and oxygen atoms in total. The first-order chi connectivity index (χ1) is 8.65. The van der Waals surface area contributed by atoms with E-state index in [4.69, 9.17) is 0 Å². The zero-order valence-electron chi connectivity index (χ0n) is 10.8. The Morgan fingerprint density at radius 2 is 1.83 bits per heavy atom. The molecule has 1 N–H and O–H groups in total. The number of hydrogen-bond donors (Lipinski definition) is 1. The second-order valence-electron chi connectivity index (χ2n) is 4.52. The van der Waals surface area contributed by atoms with E-state index in [9.17, 15) is 5.11 Å². The highest BCUT2D eigenvalue weighted by atomic mass is 32.2. The highest BCUT2D eigenvalue weighted by Gasteiger charge is 2.02. The third-order valence-corrected chi connectivity index (χ3v) is 3.93. The van der Waals surface area contributed by atoms with Crippen LogP contribution in [0.3, 0.4) is 0 Å². The Kier molecular flexibility index (Phi) is 4.45. The number of aliphatic hydroxyl groups excluding tert-OH is 1. The maximum Gasteiger partial charge on any atom is 0.0762 e. The van der Waals surface area contributed by atoms with Gasteiger partial charge in [0.05, 0.1) is 6.10 Å². The predicted octanol–water partition coefficient (Wildman–Crippen LogP) is 4.34. The molecule has 0 aromatic heterocycles. The van der Waals surface area contributed by atoms with Crippen molar-refractivity contribution < 1.29 is 5.11 Å². The number of aryl methyl sites for hydroxylation is 1. The molecule has 2 rings (SSSR count). The Hall–Kier alpha value is -1.25. The molecule has 0 saturated carbocycles. The van der Waals surface area contributed by atoms with E-state index in [0.29, 0.717) is 0 Å². The van der Waals surface area contributed by atoms with Crippen LogP contribution in [0.25, 0.3) is 0 Å². The van der Waals surface area contributed by atoms with Crippen LogP contribution in [-0.2, 0) is 5.75 Å². The molecule has 0 spiro atoms. The molecule has 0 bridgehead atoms. The average Bonchev–Trinajstić information content (AvgIpc) is 2.38. The smallest absolute Gasteiger partial charge is 0.0762 e. The van der Waals surface area contributed by atoms with Gasteiger partial charge in [0.25, 0.3) is 0 Å². The molecule has 0 aliphatic rings. The van der Waals surface area contributed by atoms with E-state index in [1.54, 1.807) is 18.7 Å². The fourth-order valence-electron chi connectivity index (χ4n) is 1.72. The minimum Gasteiger partial charge on any atom is -0.389 e. The van der Waals surface area contributed by atoms with Gasteiger partial charge < -0.3 is 5.11 Å². The summed E-state index contributed by atoms with van der Waals surface area (Å²) in [6, 6.07) is 16.7. The number of thioether (sulfide) groups is 1. The Bertz CT molecular complexity index is 503. The lowest BCUT2D eigenvalue weighted by Crippen LogP contribution is -1.90. The van der Waals surface area contributed by atoms with Gasteiger partial charge in [-0.25, -0.2) is 0 Å². The summed E-state index contributed by atoms with van der Waals surface area (Å²) in [5.74, 6) is 0.962. The van der Waals surface area contributed by atoms with Gasteiger partial charge in [0.2, 0.25) is 0 Å². The SMILES string of the molecule is Cc1ccc(CSc2cccc(C(C)O)c2)cc1. The summed E-state index contributed by atoms with van der Waals surface area (Å²) in [5.41, 5.74) is 3.59. The molecule has 0 saturated heterocycles. The van der Waals surface area contributed by atoms with Crippen LogP contribution in [0.5, 0.6) is 0 Å². The van der Waals surface area contributed by atoms with Crippen molar-refractivity contribution in [1.29, 1.82) is 0 Å². The van der Waals surface area contributed by atoms with Gasteiger partial charge in [-0.05, 0) is 37.1 Å². The largest absolute Gasteiger partial charge is 0.389 e. The van der Waals surface area contributed by atoms with Gasteiger partial charge in [-0.2, -0.15) is 0 Å². The van der Waals surface area contributed by atoms with E-state index in [1.165, 1.54) is 16.0 Å². The van der Waals surface area contributed by atoms with E-state index >= 15 is 0 Å². The van der Waals surface area contributed by atoms with Crippen LogP contribution in [0.4, 0.5) is 0 Å². The summed E-state index contributed by atoms with van der Waals surface area (Å²) < 4.78 is 0. The van der Waals surface area contributed by atoms with Crippen molar-refractivity contribution >= 4 is 11.8 Å². The van der Waals surface area contributed by atoms with Crippen LogP contribution in [0.2, 0.25) is 0 Å². The van der Waals surface area contributed by atoms with Crippen molar-refractivity contribution in [2.24, 2.45) is 0 Å². The molecule has 0 fully saturated rings. The van der Waals surface area contributed by atoms with E-state index in [2.05, 4.69) is 43.3 Å². The third-order valence-electron chi connectivity index (χ3n) is 2.87. The zero-order chi connectivity index (χ0) is 13.0. The first-order valence-corrected chi connectivity index (χ1v) is 7.10. The quantitative estimate of drug-likeness (QED) is 0.823. The van der Waals surface area contributed by atoms with Crippen molar-refractivity contribution in [2.45, 2.75) is 30.6 Å². The molecule has 0 radical (unpaired) electrons. The summed E-state index contributed by atoms with van der Waals surface area (Å²) in [6.07, 6.45) is -0.398. The topological polar surface area (TPSA) is 20.2 Å². The summed E-state index contributed by atoms with van der Waals surface area (Å²) in [5, 5.41) is 9.55. The van der Waals surface area contributed by atoms with Crippen molar-refractivity contribution in [2.75, 3.05) is 0 Å².